The number of likely N-dealkylation sites (N-methyl/N-ethyl adjacent to an activating group) is 1. The lowest BCUT2D eigenvalue weighted by Crippen LogP contribution is -2.46. The van der Waals surface area contributed by atoms with E-state index < -0.39 is 5.41 Å². The topological polar surface area (TPSA) is 79.7 Å². The summed E-state index contributed by atoms with van der Waals surface area (Å²) in [6.07, 6.45) is 6.28. The number of aromatic nitrogens is 2. The molecule has 0 bridgehead atoms. The van der Waals surface area contributed by atoms with E-state index in [0.717, 1.165) is 32.5 Å². The Morgan fingerprint density at radius 2 is 2.10 bits per heavy atom. The molecule has 1 N–H and O–H groups in total. The van der Waals surface area contributed by atoms with Gasteiger partial charge in [-0.1, -0.05) is 0 Å². The molecule has 0 radical (unpaired) electrons. The molecule has 1 spiro atoms. The van der Waals surface area contributed by atoms with Crippen LogP contribution in [-0.4, -0.2) is 77.3 Å². The molecule has 3 heterocycles. The first-order valence-electron chi connectivity index (χ1n) is 10.7. The summed E-state index contributed by atoms with van der Waals surface area (Å²) in [7, 11) is 1.61. The predicted octanol–water partition coefficient (Wildman–Crippen LogP) is 1.43. The first kappa shape index (κ1) is 21.8. The number of nitrogens with one attached hydrogen (secondary N) is 1. The summed E-state index contributed by atoms with van der Waals surface area (Å²) >= 11 is 0. The SMILES string of the molecule is CCN1C(=O)C2(CCN(Cc3cnn(C(C)C)c3)CC2)CC1C(=O)NCCOC. The van der Waals surface area contributed by atoms with Crippen LogP contribution in [0, 0.1) is 5.41 Å². The Balaban J connectivity index is 1.59. The smallest absolute Gasteiger partial charge is 0.242 e. The lowest BCUT2D eigenvalue weighted by Gasteiger charge is -2.37. The molecule has 8 nitrogen and oxygen atoms in total. The van der Waals surface area contributed by atoms with Crippen molar-refractivity contribution < 1.29 is 14.3 Å². The zero-order valence-corrected chi connectivity index (χ0v) is 18.2. The minimum absolute atomic E-state index is 0.0577. The fourth-order valence-electron chi connectivity index (χ4n) is 4.56. The second-order valence-corrected chi connectivity index (χ2v) is 8.57. The Hall–Kier alpha value is -1.93. The molecule has 1 aromatic heterocycles. The van der Waals surface area contributed by atoms with E-state index in [0.29, 0.717) is 32.2 Å². The van der Waals surface area contributed by atoms with Crippen molar-refractivity contribution in [2.24, 2.45) is 5.41 Å². The van der Waals surface area contributed by atoms with Gasteiger partial charge in [-0.3, -0.25) is 19.2 Å². The van der Waals surface area contributed by atoms with E-state index in [2.05, 4.69) is 35.4 Å². The third-order valence-electron chi connectivity index (χ3n) is 6.33. The summed E-state index contributed by atoms with van der Waals surface area (Å²) in [5, 5.41) is 7.33. The van der Waals surface area contributed by atoms with Crippen LogP contribution in [-0.2, 0) is 20.9 Å². The normalized spacial score (nSPS) is 22.0. The highest BCUT2D eigenvalue weighted by Gasteiger charge is 2.53. The summed E-state index contributed by atoms with van der Waals surface area (Å²) in [4.78, 5) is 30.0. The average molecular weight is 406 g/mol. The van der Waals surface area contributed by atoms with Crippen LogP contribution in [0.5, 0.6) is 0 Å². The molecule has 0 aromatic carbocycles. The van der Waals surface area contributed by atoms with Crippen LogP contribution in [0.2, 0.25) is 0 Å². The predicted molar refractivity (Wildman–Crippen MR) is 110 cm³/mol. The van der Waals surface area contributed by atoms with Gasteiger partial charge in [-0.05, 0) is 53.1 Å². The molecule has 3 rings (SSSR count). The largest absolute Gasteiger partial charge is 0.383 e. The molecule has 2 amide bonds. The molecule has 2 fully saturated rings. The van der Waals surface area contributed by atoms with Crippen molar-refractivity contribution in [2.45, 2.75) is 58.7 Å². The molecule has 1 aromatic rings. The van der Waals surface area contributed by atoms with Crippen LogP contribution in [0.15, 0.2) is 12.4 Å². The molecule has 1 unspecified atom stereocenters. The molecular formula is C21H35N5O3. The summed E-state index contributed by atoms with van der Waals surface area (Å²) in [6, 6.07) is -0.00309. The standard InChI is InChI=1S/C21H35N5O3/c1-5-25-18(19(27)22-8-11-29-4)12-21(20(25)28)6-9-24(10-7-21)14-17-13-23-26(15-17)16(2)3/h13,15-16,18H,5-12,14H2,1-4H3,(H,22,27). The lowest BCUT2D eigenvalue weighted by molar-refractivity contribution is -0.141. The number of amides is 2. The first-order valence-corrected chi connectivity index (χ1v) is 10.7. The maximum Gasteiger partial charge on any atom is 0.242 e. The van der Waals surface area contributed by atoms with E-state index >= 15 is 0 Å². The highest BCUT2D eigenvalue weighted by molar-refractivity contribution is 5.94. The third kappa shape index (κ3) is 4.64. The summed E-state index contributed by atoms with van der Waals surface area (Å²) in [6.45, 7) is 10.3. The Bertz CT molecular complexity index is 709. The number of hydrogen-bond acceptors (Lipinski definition) is 5. The Morgan fingerprint density at radius 3 is 2.69 bits per heavy atom. The van der Waals surface area contributed by atoms with Crippen molar-refractivity contribution in [3.05, 3.63) is 18.0 Å². The van der Waals surface area contributed by atoms with E-state index in [4.69, 9.17) is 4.74 Å². The number of likely N-dealkylation sites (tertiary alicyclic amines) is 2. The third-order valence-corrected chi connectivity index (χ3v) is 6.33. The van der Waals surface area contributed by atoms with Crippen LogP contribution in [0.25, 0.3) is 0 Å². The van der Waals surface area contributed by atoms with Gasteiger partial charge in [-0.15, -0.1) is 0 Å². The highest BCUT2D eigenvalue weighted by Crippen LogP contribution is 2.44. The van der Waals surface area contributed by atoms with Gasteiger partial charge < -0.3 is 15.0 Å². The monoisotopic (exact) mass is 405 g/mol. The van der Waals surface area contributed by atoms with E-state index in [-0.39, 0.29) is 17.9 Å². The Kier molecular flexibility index (Phi) is 6.95. The van der Waals surface area contributed by atoms with Gasteiger partial charge >= 0.3 is 0 Å². The number of ether oxygens (including phenoxy) is 1. The minimum Gasteiger partial charge on any atom is -0.383 e. The van der Waals surface area contributed by atoms with Gasteiger partial charge in [0.2, 0.25) is 11.8 Å². The molecule has 0 aliphatic carbocycles. The number of carbonyl (C=O) groups is 2. The maximum absolute atomic E-state index is 13.2. The molecule has 29 heavy (non-hydrogen) atoms. The van der Waals surface area contributed by atoms with Gasteiger partial charge in [0, 0.05) is 44.5 Å². The zero-order valence-electron chi connectivity index (χ0n) is 18.2. The molecule has 2 aliphatic rings. The van der Waals surface area contributed by atoms with Gasteiger partial charge in [-0.2, -0.15) is 5.10 Å². The summed E-state index contributed by atoms with van der Waals surface area (Å²) in [5.41, 5.74) is 0.815. The number of hydrogen-bond donors (Lipinski definition) is 1. The van der Waals surface area contributed by atoms with Crippen LogP contribution in [0.1, 0.15) is 51.6 Å². The van der Waals surface area contributed by atoms with Crippen LogP contribution >= 0.6 is 0 Å². The van der Waals surface area contributed by atoms with Crippen LogP contribution in [0.3, 0.4) is 0 Å². The number of methoxy groups -OCH3 is 1. The molecular weight excluding hydrogens is 370 g/mol. The summed E-state index contributed by atoms with van der Waals surface area (Å²) < 4.78 is 6.99. The Morgan fingerprint density at radius 1 is 1.38 bits per heavy atom. The number of carbonyl (C=O) groups excluding carboxylic acids is 2. The van der Waals surface area contributed by atoms with E-state index in [1.165, 1.54) is 5.56 Å². The van der Waals surface area contributed by atoms with Crippen molar-refractivity contribution >= 4 is 11.8 Å². The minimum atomic E-state index is -0.391. The summed E-state index contributed by atoms with van der Waals surface area (Å²) in [5.74, 6) is 0.0943. The zero-order chi connectivity index (χ0) is 21.0. The second-order valence-electron chi connectivity index (χ2n) is 8.57. The van der Waals surface area contributed by atoms with Gasteiger partial charge in [0.25, 0.3) is 0 Å². The van der Waals surface area contributed by atoms with Crippen molar-refractivity contribution in [1.29, 1.82) is 0 Å². The molecule has 0 saturated carbocycles. The van der Waals surface area contributed by atoms with Crippen LogP contribution in [0.4, 0.5) is 0 Å². The van der Waals surface area contributed by atoms with Crippen molar-refractivity contribution in [3.63, 3.8) is 0 Å². The Labute approximate surface area is 173 Å². The van der Waals surface area contributed by atoms with Gasteiger partial charge in [-0.25, -0.2) is 0 Å². The molecule has 2 saturated heterocycles. The fraction of sp³-hybridized carbons (Fsp3) is 0.762. The van der Waals surface area contributed by atoms with E-state index in [9.17, 15) is 9.59 Å². The van der Waals surface area contributed by atoms with Crippen LogP contribution < -0.4 is 5.32 Å². The highest BCUT2D eigenvalue weighted by atomic mass is 16.5. The number of nitrogens with zero attached hydrogens (tertiary/aromatic N) is 4. The quantitative estimate of drug-likeness (QED) is 0.662. The van der Waals surface area contributed by atoms with Crippen molar-refractivity contribution in [1.82, 2.24) is 24.9 Å². The average Bonchev–Trinajstić information content (AvgIpc) is 3.27. The molecule has 2 aliphatic heterocycles. The fourth-order valence-corrected chi connectivity index (χ4v) is 4.56. The molecule has 162 valence electrons. The second kappa shape index (κ2) is 9.26. The first-order chi connectivity index (χ1) is 13.9. The molecule has 8 heteroatoms. The number of rotatable bonds is 8. The van der Waals surface area contributed by atoms with Crippen molar-refractivity contribution in [3.8, 4) is 0 Å². The van der Waals surface area contributed by atoms with Gasteiger partial charge in [0.15, 0.2) is 0 Å². The van der Waals surface area contributed by atoms with Crippen molar-refractivity contribution in [2.75, 3.05) is 39.9 Å². The lowest BCUT2D eigenvalue weighted by atomic mass is 9.76. The van der Waals surface area contributed by atoms with Gasteiger partial charge in [0.05, 0.1) is 18.2 Å². The van der Waals surface area contributed by atoms with E-state index in [1.807, 2.05) is 17.8 Å². The van der Waals surface area contributed by atoms with Gasteiger partial charge in [0.1, 0.15) is 6.04 Å². The van der Waals surface area contributed by atoms with E-state index in [1.54, 1.807) is 12.0 Å². The maximum atomic E-state index is 13.2. The molecule has 1 atom stereocenters. The number of piperidine rings is 1.